The molecule has 1 atom stereocenters. The van der Waals surface area contributed by atoms with Gasteiger partial charge in [-0.3, -0.25) is 9.59 Å². The van der Waals surface area contributed by atoms with Gasteiger partial charge >= 0.3 is 0 Å². The van der Waals surface area contributed by atoms with E-state index in [2.05, 4.69) is 15.8 Å². The number of rotatable bonds is 8. The van der Waals surface area contributed by atoms with Crippen LogP contribution >= 0.6 is 11.6 Å². The first-order valence-corrected chi connectivity index (χ1v) is 9.35. The molecule has 0 bridgehead atoms. The number of ether oxygens (including phenoxy) is 2. The number of halogens is 1. The lowest BCUT2D eigenvalue weighted by Crippen LogP contribution is -2.48. The minimum Gasteiger partial charge on any atom is -0.497 e. The third-order valence-electron chi connectivity index (χ3n) is 4.16. The quantitative estimate of drug-likeness (QED) is 0.509. The fourth-order valence-electron chi connectivity index (χ4n) is 2.54. The molecule has 2 aromatic carbocycles. The Morgan fingerprint density at radius 2 is 1.76 bits per heavy atom. The molecular weight excluding hydrogens is 394 g/mol. The number of hydrazone groups is 1. The lowest BCUT2D eigenvalue weighted by molar-refractivity contribution is -0.123. The van der Waals surface area contributed by atoms with Crippen LogP contribution in [0, 0.1) is 5.92 Å². The van der Waals surface area contributed by atoms with Gasteiger partial charge < -0.3 is 14.8 Å². The average molecular weight is 418 g/mol. The molecular formula is C21H24ClN3O4. The van der Waals surface area contributed by atoms with Crippen LogP contribution in [-0.2, 0) is 4.79 Å². The number of amides is 2. The topological polar surface area (TPSA) is 89.0 Å². The summed E-state index contributed by atoms with van der Waals surface area (Å²) in [7, 11) is 3.10. The second kappa shape index (κ2) is 10.5. The van der Waals surface area contributed by atoms with Gasteiger partial charge in [0.25, 0.3) is 11.8 Å². The summed E-state index contributed by atoms with van der Waals surface area (Å²) >= 11 is 5.84. The molecule has 2 rings (SSSR count). The first-order valence-electron chi connectivity index (χ1n) is 8.97. The third kappa shape index (κ3) is 6.22. The van der Waals surface area contributed by atoms with E-state index < -0.39 is 11.9 Å². The van der Waals surface area contributed by atoms with E-state index in [0.29, 0.717) is 27.6 Å². The molecule has 0 saturated heterocycles. The largest absolute Gasteiger partial charge is 0.497 e. The van der Waals surface area contributed by atoms with E-state index in [9.17, 15) is 9.59 Å². The number of methoxy groups -OCH3 is 2. The molecule has 0 aliphatic rings. The molecule has 1 unspecified atom stereocenters. The van der Waals surface area contributed by atoms with E-state index in [1.54, 1.807) is 56.7 Å². The van der Waals surface area contributed by atoms with E-state index >= 15 is 0 Å². The normalized spacial score (nSPS) is 11.9. The number of nitrogens with one attached hydrogen (secondary N) is 2. The summed E-state index contributed by atoms with van der Waals surface area (Å²) in [6.07, 6.45) is 1.46. The van der Waals surface area contributed by atoms with Crippen molar-refractivity contribution in [3.63, 3.8) is 0 Å². The second-order valence-corrected chi connectivity index (χ2v) is 6.98. The molecule has 154 valence electrons. The Balaban J connectivity index is 2.07. The molecule has 0 radical (unpaired) electrons. The lowest BCUT2D eigenvalue weighted by Gasteiger charge is -2.20. The molecule has 2 aromatic rings. The van der Waals surface area contributed by atoms with Crippen molar-refractivity contribution in [2.45, 2.75) is 19.9 Å². The van der Waals surface area contributed by atoms with Crippen molar-refractivity contribution in [3.8, 4) is 11.5 Å². The second-order valence-electron chi connectivity index (χ2n) is 6.54. The summed E-state index contributed by atoms with van der Waals surface area (Å²) in [6, 6.07) is 10.9. The van der Waals surface area contributed by atoms with Crippen LogP contribution in [0.3, 0.4) is 0 Å². The Morgan fingerprint density at radius 1 is 1.07 bits per heavy atom. The van der Waals surface area contributed by atoms with Gasteiger partial charge in [0.1, 0.15) is 17.5 Å². The number of benzene rings is 2. The molecule has 0 aromatic heterocycles. The summed E-state index contributed by atoms with van der Waals surface area (Å²) in [5, 5.41) is 7.25. The summed E-state index contributed by atoms with van der Waals surface area (Å²) in [5.41, 5.74) is 3.52. The average Bonchev–Trinajstić information content (AvgIpc) is 2.71. The zero-order valence-electron chi connectivity index (χ0n) is 16.7. The van der Waals surface area contributed by atoms with Crippen LogP contribution in [0.15, 0.2) is 47.6 Å². The maximum absolute atomic E-state index is 12.6. The smallest absolute Gasteiger partial charge is 0.262 e. The molecule has 0 aliphatic carbocycles. The molecule has 0 spiro atoms. The predicted molar refractivity (Wildman–Crippen MR) is 113 cm³/mol. The van der Waals surface area contributed by atoms with Gasteiger partial charge in [0.2, 0.25) is 0 Å². The van der Waals surface area contributed by atoms with Crippen molar-refractivity contribution in [1.82, 2.24) is 10.7 Å². The van der Waals surface area contributed by atoms with Crippen molar-refractivity contribution in [2.75, 3.05) is 14.2 Å². The van der Waals surface area contributed by atoms with Gasteiger partial charge in [-0.2, -0.15) is 5.10 Å². The summed E-state index contributed by atoms with van der Waals surface area (Å²) in [4.78, 5) is 25.0. The fraction of sp³-hybridized carbons (Fsp3) is 0.286. The summed E-state index contributed by atoms with van der Waals surface area (Å²) in [6.45, 7) is 3.67. The molecule has 2 N–H and O–H groups in total. The predicted octanol–water partition coefficient (Wildman–Crippen LogP) is 3.26. The highest BCUT2D eigenvalue weighted by atomic mass is 35.5. The van der Waals surface area contributed by atoms with Gasteiger partial charge in [-0.1, -0.05) is 25.4 Å². The lowest BCUT2D eigenvalue weighted by atomic mass is 10.0. The zero-order valence-corrected chi connectivity index (χ0v) is 17.5. The molecule has 0 fully saturated rings. The van der Waals surface area contributed by atoms with E-state index in [-0.39, 0.29) is 11.8 Å². The van der Waals surface area contributed by atoms with E-state index in [4.69, 9.17) is 21.1 Å². The first kappa shape index (κ1) is 22.2. The molecule has 0 aliphatic heterocycles. The van der Waals surface area contributed by atoms with Crippen LogP contribution in [0.4, 0.5) is 0 Å². The summed E-state index contributed by atoms with van der Waals surface area (Å²) in [5.74, 6) is 0.274. The van der Waals surface area contributed by atoms with Crippen LogP contribution in [0.1, 0.15) is 29.8 Å². The maximum atomic E-state index is 12.6. The van der Waals surface area contributed by atoms with Gasteiger partial charge in [0.15, 0.2) is 0 Å². The minimum absolute atomic E-state index is 0.146. The van der Waals surface area contributed by atoms with Crippen LogP contribution in [0.25, 0.3) is 0 Å². The molecule has 7 nitrogen and oxygen atoms in total. The van der Waals surface area contributed by atoms with Crippen molar-refractivity contribution in [3.05, 3.63) is 58.6 Å². The van der Waals surface area contributed by atoms with Gasteiger partial charge in [-0.25, -0.2) is 5.43 Å². The number of hydrogen-bond acceptors (Lipinski definition) is 5. The van der Waals surface area contributed by atoms with Crippen LogP contribution in [0.2, 0.25) is 5.02 Å². The number of carbonyl (C=O) groups is 2. The number of nitrogens with zero attached hydrogens (tertiary/aromatic N) is 1. The Hall–Kier alpha value is -3.06. The molecule has 2 amide bonds. The Kier molecular flexibility index (Phi) is 8.03. The van der Waals surface area contributed by atoms with Crippen molar-refractivity contribution in [2.24, 2.45) is 11.0 Å². The van der Waals surface area contributed by atoms with Crippen LogP contribution in [-0.4, -0.2) is 38.3 Å². The summed E-state index contributed by atoms with van der Waals surface area (Å²) < 4.78 is 10.5. The fourth-order valence-corrected chi connectivity index (χ4v) is 2.66. The van der Waals surface area contributed by atoms with Crippen LogP contribution < -0.4 is 20.2 Å². The highest BCUT2D eigenvalue weighted by Gasteiger charge is 2.24. The Bertz CT molecular complexity index is 882. The van der Waals surface area contributed by atoms with Crippen LogP contribution in [0.5, 0.6) is 11.5 Å². The SMILES string of the molecule is COc1ccc(OC)c(/C=N\NC(=O)C(NC(=O)c2ccc(Cl)cc2)C(C)C)c1. The van der Waals surface area contributed by atoms with Gasteiger partial charge in [-0.15, -0.1) is 0 Å². The first-order chi connectivity index (χ1) is 13.8. The minimum atomic E-state index is -0.762. The highest BCUT2D eigenvalue weighted by molar-refractivity contribution is 6.30. The molecule has 0 heterocycles. The molecule has 29 heavy (non-hydrogen) atoms. The Labute approximate surface area is 175 Å². The number of hydrogen-bond donors (Lipinski definition) is 2. The van der Waals surface area contributed by atoms with Gasteiger partial charge in [0, 0.05) is 16.1 Å². The third-order valence-corrected chi connectivity index (χ3v) is 4.41. The van der Waals surface area contributed by atoms with Crippen molar-refractivity contribution < 1.29 is 19.1 Å². The Morgan fingerprint density at radius 3 is 2.34 bits per heavy atom. The highest BCUT2D eigenvalue weighted by Crippen LogP contribution is 2.22. The standard InChI is InChI=1S/C21H24ClN3O4/c1-13(2)19(24-20(26)14-5-7-16(22)8-6-14)21(27)25-23-12-15-11-17(28-3)9-10-18(15)29-4/h5-13,19H,1-4H3,(H,24,26)(H,25,27)/b23-12-. The monoisotopic (exact) mass is 417 g/mol. The van der Waals surface area contributed by atoms with Gasteiger partial charge in [-0.05, 0) is 48.4 Å². The van der Waals surface area contributed by atoms with Gasteiger partial charge in [0.05, 0.1) is 20.4 Å². The molecule has 0 saturated carbocycles. The zero-order chi connectivity index (χ0) is 21.4. The molecule has 8 heteroatoms. The van der Waals surface area contributed by atoms with Crippen molar-refractivity contribution in [1.29, 1.82) is 0 Å². The van der Waals surface area contributed by atoms with E-state index in [1.807, 2.05) is 13.8 Å². The van der Waals surface area contributed by atoms with Crippen molar-refractivity contribution >= 4 is 29.6 Å². The maximum Gasteiger partial charge on any atom is 0.262 e. The number of carbonyl (C=O) groups excluding carboxylic acids is 2. The van der Waals surface area contributed by atoms with E-state index in [1.165, 1.54) is 6.21 Å². The van der Waals surface area contributed by atoms with E-state index in [0.717, 1.165) is 0 Å².